The van der Waals surface area contributed by atoms with Crippen molar-refractivity contribution in [3.63, 3.8) is 0 Å². The van der Waals surface area contributed by atoms with Gasteiger partial charge in [-0.3, -0.25) is 18.5 Å². The zero-order valence-corrected chi connectivity index (χ0v) is 20.1. The molecule has 0 radical (unpaired) electrons. The number of aryl methyl sites for hydroxylation is 2. The van der Waals surface area contributed by atoms with Gasteiger partial charge in [0.25, 0.3) is 11.6 Å². The van der Waals surface area contributed by atoms with Gasteiger partial charge in [0.2, 0.25) is 5.79 Å². The van der Waals surface area contributed by atoms with Crippen LogP contribution in [-0.4, -0.2) is 129 Å². The Morgan fingerprint density at radius 2 is 1.59 bits per heavy atom. The van der Waals surface area contributed by atoms with E-state index < -0.39 is 85.9 Å². The highest BCUT2D eigenvalue weighted by Crippen LogP contribution is 2.36. The number of ether oxygens (including phenoxy) is 4. The summed E-state index contributed by atoms with van der Waals surface area (Å²) in [6.07, 6.45) is -13.4. The molecule has 17 heteroatoms. The normalized spacial score (nSPS) is 36.4. The SMILES string of the molecule is Cn1c(=O)c2c(nc(OC[C@H]3O[C@H](O[C@]4(CO)O[C@H](CO)[C@@H](O)[C@@H]4O)[C@H](O)[C@@H](O)[C@@H]3O)n2C)n(C)c1=O. The first-order valence-electron chi connectivity index (χ1n) is 11.3. The fourth-order valence-corrected chi connectivity index (χ4v) is 4.40. The van der Waals surface area contributed by atoms with Crippen LogP contribution in [0.25, 0.3) is 11.2 Å². The number of aliphatic hydroxyl groups excluding tert-OH is 7. The van der Waals surface area contributed by atoms with Crippen LogP contribution in [0.5, 0.6) is 6.01 Å². The number of aromatic nitrogens is 4. The summed E-state index contributed by atoms with van der Waals surface area (Å²) in [6, 6.07) is -0.127. The Hall–Kier alpha value is -2.45. The Kier molecular flexibility index (Phi) is 7.47. The minimum Gasteiger partial charge on any atom is -0.462 e. The Morgan fingerprint density at radius 1 is 0.919 bits per heavy atom. The van der Waals surface area contributed by atoms with Crippen molar-refractivity contribution in [2.45, 2.75) is 54.8 Å². The van der Waals surface area contributed by atoms with Crippen LogP contribution in [0.2, 0.25) is 0 Å². The Balaban J connectivity index is 1.56. The molecule has 37 heavy (non-hydrogen) atoms. The van der Waals surface area contributed by atoms with Gasteiger partial charge in [0.15, 0.2) is 17.5 Å². The average Bonchev–Trinajstić information content (AvgIpc) is 3.34. The van der Waals surface area contributed by atoms with Crippen LogP contribution in [0, 0.1) is 0 Å². The first kappa shape index (κ1) is 27.6. The lowest BCUT2D eigenvalue weighted by atomic mass is 9.99. The first-order chi connectivity index (χ1) is 17.4. The van der Waals surface area contributed by atoms with E-state index in [0.29, 0.717) is 0 Å². The monoisotopic (exact) mass is 534 g/mol. The van der Waals surface area contributed by atoms with Gasteiger partial charge in [0.1, 0.15) is 55.9 Å². The van der Waals surface area contributed by atoms with Crippen molar-refractivity contribution >= 4 is 11.2 Å². The van der Waals surface area contributed by atoms with Gasteiger partial charge in [-0.2, -0.15) is 4.98 Å². The standard InChI is InChI=1S/C20H30N4O13/c1-22-9-15(23(2)19(33)24(3)16(9)32)21-18(22)34-5-8-10(27)12(29)13(30)17(35-8)37-20(6-26)14(31)11(28)7(4-25)36-20/h7-8,10-14,17,25-31H,4-6H2,1-3H3/t7-,8-,10-,11-,12+,13-,14+,17-,20+/m1/s1. The largest absolute Gasteiger partial charge is 0.462 e. The molecule has 0 saturated carbocycles. The van der Waals surface area contributed by atoms with Crippen LogP contribution >= 0.6 is 0 Å². The number of fused-ring (bicyclic) bond motifs is 1. The van der Waals surface area contributed by atoms with Crippen molar-refractivity contribution in [2.24, 2.45) is 21.1 Å². The van der Waals surface area contributed by atoms with Gasteiger partial charge in [-0.25, -0.2) is 4.79 Å². The Bertz CT molecular complexity index is 1260. The summed E-state index contributed by atoms with van der Waals surface area (Å²) in [5.41, 5.74) is -1.11. The zero-order valence-electron chi connectivity index (χ0n) is 20.1. The summed E-state index contributed by atoms with van der Waals surface area (Å²) in [5, 5.41) is 70.7. The summed E-state index contributed by atoms with van der Waals surface area (Å²) in [6.45, 7) is -2.24. The molecule has 9 atom stereocenters. The molecule has 2 saturated heterocycles. The molecule has 17 nitrogen and oxygen atoms in total. The van der Waals surface area contributed by atoms with E-state index in [1.54, 1.807) is 0 Å². The second-order valence-corrected chi connectivity index (χ2v) is 9.02. The number of nitrogens with zero attached hydrogens (tertiary/aromatic N) is 4. The van der Waals surface area contributed by atoms with Crippen LogP contribution in [0.15, 0.2) is 9.59 Å². The third-order valence-electron chi connectivity index (χ3n) is 6.70. The van der Waals surface area contributed by atoms with Crippen molar-refractivity contribution in [3.05, 3.63) is 20.8 Å². The molecule has 0 aromatic carbocycles. The number of rotatable bonds is 7. The highest BCUT2D eigenvalue weighted by atomic mass is 16.8. The van der Waals surface area contributed by atoms with E-state index >= 15 is 0 Å². The molecular weight excluding hydrogens is 504 g/mol. The van der Waals surface area contributed by atoms with Crippen LogP contribution < -0.4 is 16.0 Å². The molecule has 4 heterocycles. The second kappa shape index (κ2) is 10.0. The molecule has 0 unspecified atom stereocenters. The molecule has 0 bridgehead atoms. The Morgan fingerprint density at radius 3 is 2.19 bits per heavy atom. The minimum absolute atomic E-state index is 0.0432. The van der Waals surface area contributed by atoms with E-state index in [2.05, 4.69) is 4.98 Å². The highest BCUT2D eigenvalue weighted by molar-refractivity contribution is 5.71. The van der Waals surface area contributed by atoms with Crippen molar-refractivity contribution in [2.75, 3.05) is 19.8 Å². The van der Waals surface area contributed by atoms with Gasteiger partial charge >= 0.3 is 5.69 Å². The van der Waals surface area contributed by atoms with Gasteiger partial charge in [-0.1, -0.05) is 0 Å². The molecule has 4 rings (SSSR count). The molecule has 0 aliphatic carbocycles. The van der Waals surface area contributed by atoms with E-state index in [4.69, 9.17) is 18.9 Å². The minimum atomic E-state index is -2.33. The topological polar surface area (TPSA) is 240 Å². The smallest absolute Gasteiger partial charge is 0.332 e. The van der Waals surface area contributed by atoms with E-state index in [1.807, 2.05) is 0 Å². The number of imidazole rings is 1. The van der Waals surface area contributed by atoms with E-state index in [0.717, 1.165) is 9.13 Å². The summed E-state index contributed by atoms with van der Waals surface area (Å²) in [7, 11) is 4.19. The van der Waals surface area contributed by atoms with Crippen molar-refractivity contribution in [1.82, 2.24) is 18.7 Å². The van der Waals surface area contributed by atoms with Crippen molar-refractivity contribution in [3.8, 4) is 6.01 Å². The maximum atomic E-state index is 12.5. The molecule has 2 aromatic rings. The number of hydrogen-bond acceptors (Lipinski definition) is 14. The average molecular weight is 534 g/mol. The maximum absolute atomic E-state index is 12.5. The third kappa shape index (κ3) is 4.36. The Labute approximate surface area is 207 Å². The lowest BCUT2D eigenvalue weighted by Gasteiger charge is -2.43. The molecule has 0 amide bonds. The van der Waals surface area contributed by atoms with Gasteiger partial charge in [0, 0.05) is 21.1 Å². The van der Waals surface area contributed by atoms with Crippen molar-refractivity contribution in [1.29, 1.82) is 0 Å². The van der Waals surface area contributed by atoms with Gasteiger partial charge in [0.05, 0.1) is 6.61 Å². The van der Waals surface area contributed by atoms with Crippen LogP contribution in [0.3, 0.4) is 0 Å². The molecule has 2 aliphatic rings. The van der Waals surface area contributed by atoms with Crippen molar-refractivity contribution < 1.29 is 54.7 Å². The number of hydrogen-bond donors (Lipinski definition) is 7. The van der Waals surface area contributed by atoms with Gasteiger partial charge in [-0.15, -0.1) is 0 Å². The van der Waals surface area contributed by atoms with Crippen LogP contribution in [0.4, 0.5) is 0 Å². The predicted octanol–water partition coefficient (Wildman–Crippen LogP) is -6.02. The molecule has 2 aromatic heterocycles. The summed E-state index contributed by atoms with van der Waals surface area (Å²) < 4.78 is 25.2. The summed E-state index contributed by atoms with van der Waals surface area (Å²) in [4.78, 5) is 28.9. The van der Waals surface area contributed by atoms with Crippen LogP contribution in [0.1, 0.15) is 0 Å². The predicted molar refractivity (Wildman–Crippen MR) is 118 cm³/mol. The van der Waals surface area contributed by atoms with Gasteiger partial charge in [-0.05, 0) is 0 Å². The third-order valence-corrected chi connectivity index (χ3v) is 6.70. The lowest BCUT2D eigenvalue weighted by Crippen LogP contribution is -2.63. The molecule has 7 N–H and O–H groups in total. The quantitative estimate of drug-likeness (QED) is 0.175. The van der Waals surface area contributed by atoms with E-state index in [1.165, 1.54) is 25.7 Å². The summed E-state index contributed by atoms with van der Waals surface area (Å²) in [5.74, 6) is -2.33. The lowest BCUT2D eigenvalue weighted by molar-refractivity contribution is -0.383. The van der Waals surface area contributed by atoms with Gasteiger partial charge < -0.3 is 54.7 Å². The van der Waals surface area contributed by atoms with Crippen LogP contribution in [-0.2, 0) is 35.4 Å². The summed E-state index contributed by atoms with van der Waals surface area (Å²) >= 11 is 0. The van der Waals surface area contributed by atoms with E-state index in [9.17, 15) is 45.3 Å². The molecule has 208 valence electrons. The zero-order chi connectivity index (χ0) is 27.4. The molecule has 2 aliphatic heterocycles. The number of aliphatic hydroxyl groups is 7. The molecular formula is C20H30N4O13. The fourth-order valence-electron chi connectivity index (χ4n) is 4.40. The molecule has 2 fully saturated rings. The molecule has 0 spiro atoms. The fraction of sp³-hybridized carbons (Fsp3) is 0.750. The highest BCUT2D eigenvalue weighted by Gasteiger charge is 2.58. The first-order valence-corrected chi connectivity index (χ1v) is 11.3. The second-order valence-electron chi connectivity index (χ2n) is 9.02. The van der Waals surface area contributed by atoms with E-state index in [-0.39, 0.29) is 17.2 Å². The maximum Gasteiger partial charge on any atom is 0.332 e.